The molecule has 36 heavy (non-hydrogen) atoms. The van der Waals surface area contributed by atoms with E-state index in [-0.39, 0.29) is 22.9 Å². The van der Waals surface area contributed by atoms with E-state index >= 15 is 0 Å². The van der Waals surface area contributed by atoms with Gasteiger partial charge in [0.2, 0.25) is 11.3 Å². The van der Waals surface area contributed by atoms with Gasteiger partial charge in [-0.2, -0.15) is 10.1 Å². The molecule has 0 unspecified atom stereocenters. The number of fused-ring (bicyclic) bond motifs is 1. The summed E-state index contributed by atoms with van der Waals surface area (Å²) in [6, 6.07) is 16.1. The van der Waals surface area contributed by atoms with Gasteiger partial charge in [-0.25, -0.2) is 18.8 Å². The fourth-order valence-corrected chi connectivity index (χ4v) is 3.19. The molecule has 0 atom stereocenters. The lowest BCUT2D eigenvalue weighted by Crippen LogP contribution is -2.05. The van der Waals surface area contributed by atoms with E-state index in [1.54, 1.807) is 55.5 Å². The topological polar surface area (TPSA) is 141 Å². The zero-order chi connectivity index (χ0) is 24.9. The van der Waals surface area contributed by atoms with Crippen molar-refractivity contribution >= 4 is 40.8 Å². The predicted octanol–water partition coefficient (Wildman–Crippen LogP) is 4.78. The molecule has 0 bridgehead atoms. The maximum absolute atomic E-state index is 13.2. The summed E-state index contributed by atoms with van der Waals surface area (Å²) in [4.78, 5) is 20.6. The summed E-state index contributed by atoms with van der Waals surface area (Å²) in [5.41, 5.74) is 4.99. The Kier molecular flexibility index (Phi) is 6.30. The van der Waals surface area contributed by atoms with Crippen LogP contribution < -0.4 is 10.7 Å². The molecule has 0 aliphatic rings. The molecule has 0 radical (unpaired) electrons. The van der Waals surface area contributed by atoms with Crippen LogP contribution in [0.4, 0.5) is 21.7 Å². The Morgan fingerprint density at radius 3 is 2.44 bits per heavy atom. The molecule has 3 aromatic heterocycles. The Bertz CT molecular complexity index is 1530. The molecule has 180 valence electrons. The van der Waals surface area contributed by atoms with Crippen molar-refractivity contribution in [3.63, 3.8) is 0 Å². The van der Waals surface area contributed by atoms with Crippen molar-refractivity contribution in [3.8, 4) is 11.3 Å². The number of esters is 1. The number of carbonyl (C=O) groups excluding carboxylic acids is 1. The number of halogens is 1. The lowest BCUT2D eigenvalue weighted by atomic mass is 10.2. The minimum absolute atomic E-state index is 0.188. The number of carbonyl (C=O) groups is 1. The van der Waals surface area contributed by atoms with Crippen LogP contribution in [0.5, 0.6) is 0 Å². The SMILES string of the molecule is CCOC(=O)c1ccc(Nc2nc3nonc3nc2N/N=C\c2ccc(-c3ccc(F)cc3)o2)cc1. The van der Waals surface area contributed by atoms with E-state index < -0.39 is 5.97 Å². The average Bonchev–Trinajstić information content (AvgIpc) is 3.54. The van der Waals surface area contributed by atoms with Crippen LogP contribution in [0.15, 0.2) is 74.8 Å². The van der Waals surface area contributed by atoms with Gasteiger partial charge in [0.05, 0.1) is 18.4 Å². The van der Waals surface area contributed by atoms with E-state index in [1.807, 2.05) is 0 Å². The first-order valence-corrected chi connectivity index (χ1v) is 10.8. The van der Waals surface area contributed by atoms with Gasteiger partial charge in [-0.15, -0.1) is 0 Å². The smallest absolute Gasteiger partial charge is 0.338 e. The van der Waals surface area contributed by atoms with Gasteiger partial charge in [-0.05, 0) is 77.9 Å². The molecule has 0 amide bonds. The Morgan fingerprint density at radius 2 is 1.72 bits per heavy atom. The lowest BCUT2D eigenvalue weighted by molar-refractivity contribution is 0.0526. The Balaban J connectivity index is 1.34. The van der Waals surface area contributed by atoms with E-state index in [1.165, 1.54) is 18.3 Å². The van der Waals surface area contributed by atoms with Gasteiger partial charge in [0, 0.05) is 11.3 Å². The highest BCUT2D eigenvalue weighted by Gasteiger charge is 2.14. The monoisotopic (exact) mass is 487 g/mol. The van der Waals surface area contributed by atoms with Gasteiger partial charge >= 0.3 is 5.97 Å². The minimum atomic E-state index is -0.406. The summed E-state index contributed by atoms with van der Waals surface area (Å²) < 4.78 is 28.6. The zero-order valence-corrected chi connectivity index (χ0v) is 18.8. The van der Waals surface area contributed by atoms with Crippen molar-refractivity contribution in [1.82, 2.24) is 20.3 Å². The van der Waals surface area contributed by atoms with Crippen molar-refractivity contribution < 1.29 is 23.0 Å². The number of aromatic nitrogens is 4. The second-order valence-electron chi connectivity index (χ2n) is 7.33. The van der Waals surface area contributed by atoms with Crippen molar-refractivity contribution in [2.45, 2.75) is 6.92 Å². The third kappa shape index (κ3) is 5.01. The summed E-state index contributed by atoms with van der Waals surface area (Å²) >= 11 is 0. The zero-order valence-electron chi connectivity index (χ0n) is 18.8. The van der Waals surface area contributed by atoms with Crippen LogP contribution in [0.25, 0.3) is 22.6 Å². The van der Waals surface area contributed by atoms with Crippen molar-refractivity contribution in [2.24, 2.45) is 5.10 Å². The molecule has 2 N–H and O–H groups in total. The fourth-order valence-electron chi connectivity index (χ4n) is 3.19. The number of anilines is 3. The number of rotatable bonds is 8. The third-order valence-corrected chi connectivity index (χ3v) is 4.89. The lowest BCUT2D eigenvalue weighted by Gasteiger charge is -2.09. The quantitative estimate of drug-likeness (QED) is 0.178. The maximum atomic E-state index is 13.2. The van der Waals surface area contributed by atoms with E-state index in [0.29, 0.717) is 35.2 Å². The summed E-state index contributed by atoms with van der Waals surface area (Å²) in [6.45, 7) is 2.04. The van der Waals surface area contributed by atoms with Gasteiger partial charge < -0.3 is 14.5 Å². The van der Waals surface area contributed by atoms with Gasteiger partial charge in [-0.3, -0.25) is 5.43 Å². The molecule has 0 aliphatic carbocycles. The number of nitrogens with zero attached hydrogens (tertiary/aromatic N) is 5. The van der Waals surface area contributed by atoms with Crippen LogP contribution in [0.1, 0.15) is 23.0 Å². The molecule has 12 heteroatoms. The highest BCUT2D eigenvalue weighted by Crippen LogP contribution is 2.25. The van der Waals surface area contributed by atoms with Crippen LogP contribution in [-0.2, 0) is 4.74 Å². The average molecular weight is 487 g/mol. The number of benzene rings is 2. The summed E-state index contributed by atoms with van der Waals surface area (Å²) in [6.07, 6.45) is 1.46. The largest absolute Gasteiger partial charge is 0.462 e. The Morgan fingerprint density at radius 1 is 1.00 bits per heavy atom. The first-order valence-electron chi connectivity index (χ1n) is 10.8. The van der Waals surface area contributed by atoms with Crippen molar-refractivity contribution in [2.75, 3.05) is 17.3 Å². The second-order valence-corrected chi connectivity index (χ2v) is 7.33. The highest BCUT2D eigenvalue weighted by atomic mass is 19.1. The molecular formula is C24H18FN7O4. The van der Waals surface area contributed by atoms with Crippen LogP contribution in [0, 0.1) is 5.82 Å². The van der Waals surface area contributed by atoms with E-state index in [4.69, 9.17) is 13.8 Å². The number of furan rings is 1. The van der Waals surface area contributed by atoms with E-state index in [2.05, 4.69) is 36.1 Å². The van der Waals surface area contributed by atoms with Gasteiger partial charge in [0.25, 0.3) is 0 Å². The van der Waals surface area contributed by atoms with E-state index in [0.717, 1.165) is 5.56 Å². The van der Waals surface area contributed by atoms with Gasteiger partial charge in [0.15, 0.2) is 11.6 Å². The Labute approximate surface area is 203 Å². The number of nitrogens with one attached hydrogen (secondary N) is 2. The van der Waals surface area contributed by atoms with Crippen LogP contribution in [0.2, 0.25) is 0 Å². The van der Waals surface area contributed by atoms with Crippen molar-refractivity contribution in [1.29, 1.82) is 0 Å². The molecular weight excluding hydrogens is 469 g/mol. The summed E-state index contributed by atoms with van der Waals surface area (Å²) in [5, 5.41) is 14.7. The molecule has 0 saturated carbocycles. The van der Waals surface area contributed by atoms with Crippen LogP contribution in [0.3, 0.4) is 0 Å². The normalized spacial score (nSPS) is 11.2. The first-order chi connectivity index (χ1) is 17.6. The molecule has 11 nitrogen and oxygen atoms in total. The molecule has 0 fully saturated rings. The van der Waals surface area contributed by atoms with E-state index in [9.17, 15) is 9.18 Å². The molecule has 5 rings (SSSR count). The van der Waals surface area contributed by atoms with Gasteiger partial charge in [-0.1, -0.05) is 0 Å². The highest BCUT2D eigenvalue weighted by molar-refractivity contribution is 5.90. The first kappa shape index (κ1) is 22.7. The van der Waals surface area contributed by atoms with Crippen molar-refractivity contribution in [3.05, 3.63) is 77.8 Å². The molecule has 0 saturated heterocycles. The predicted molar refractivity (Wildman–Crippen MR) is 128 cm³/mol. The number of ether oxygens (including phenoxy) is 1. The molecule has 0 aliphatic heterocycles. The number of hydrazone groups is 1. The summed E-state index contributed by atoms with van der Waals surface area (Å²) in [7, 11) is 0. The number of hydrogen-bond acceptors (Lipinski definition) is 11. The van der Waals surface area contributed by atoms with Gasteiger partial charge in [0.1, 0.15) is 17.3 Å². The molecule has 3 heterocycles. The minimum Gasteiger partial charge on any atom is -0.462 e. The molecule has 5 aromatic rings. The molecule has 0 spiro atoms. The number of hydrogen-bond donors (Lipinski definition) is 2. The fraction of sp³-hybridized carbons (Fsp3) is 0.0833. The standard InChI is InChI=1S/C24H18FN7O4/c1-2-34-24(33)15-5-9-17(10-6-15)27-20-21(29-23-22(28-20)31-36-32-23)30-26-13-18-11-12-19(35-18)14-3-7-16(25)8-4-14/h3-13H,2H2,1H3,(H,27,28,31)(H,29,30,32)/b26-13-. The maximum Gasteiger partial charge on any atom is 0.338 e. The second kappa shape index (κ2) is 10.0. The third-order valence-electron chi connectivity index (χ3n) is 4.89. The van der Waals surface area contributed by atoms with Crippen LogP contribution in [-0.4, -0.2) is 39.1 Å². The van der Waals surface area contributed by atoms with Crippen LogP contribution >= 0.6 is 0 Å². The Hall–Kier alpha value is -5.13. The molecule has 2 aromatic carbocycles. The summed E-state index contributed by atoms with van der Waals surface area (Å²) in [5.74, 6) is 0.843.